The van der Waals surface area contributed by atoms with Crippen molar-refractivity contribution in [1.29, 1.82) is 0 Å². The summed E-state index contributed by atoms with van der Waals surface area (Å²) in [7, 11) is 0. The lowest BCUT2D eigenvalue weighted by molar-refractivity contribution is 0.255. The fourth-order valence-corrected chi connectivity index (χ4v) is 1.56. The number of aliphatic hydroxyl groups is 2. The molecule has 0 aliphatic rings. The monoisotopic (exact) mass is 218 g/mol. The Morgan fingerprint density at radius 1 is 1.12 bits per heavy atom. The van der Waals surface area contributed by atoms with Crippen LogP contribution < -0.4 is 0 Å². The van der Waals surface area contributed by atoms with Gasteiger partial charge in [0.2, 0.25) is 0 Å². The van der Waals surface area contributed by atoms with Crippen LogP contribution >= 0.6 is 0 Å². The van der Waals surface area contributed by atoms with Gasteiger partial charge in [-0.15, -0.1) is 0 Å². The molecule has 2 rings (SSSR count). The van der Waals surface area contributed by atoms with Gasteiger partial charge in [-0.2, -0.15) is 0 Å². The highest BCUT2D eigenvalue weighted by atomic mass is 16.3. The fraction of sp³-hybridized carbons (Fsp3) is 0.250. The molecule has 0 aliphatic carbocycles. The highest BCUT2D eigenvalue weighted by Crippen LogP contribution is 2.18. The summed E-state index contributed by atoms with van der Waals surface area (Å²) in [6.07, 6.45) is 0. The van der Waals surface area contributed by atoms with Gasteiger partial charge in [-0.25, -0.2) is 4.98 Å². The number of aromatic nitrogens is 2. The maximum absolute atomic E-state index is 9.07. The van der Waals surface area contributed by atoms with Crippen molar-refractivity contribution in [3.63, 3.8) is 0 Å². The molecule has 0 unspecified atom stereocenters. The minimum Gasteiger partial charge on any atom is -0.390 e. The van der Waals surface area contributed by atoms with E-state index < -0.39 is 0 Å². The number of H-pyrrole nitrogens is 1. The summed E-state index contributed by atoms with van der Waals surface area (Å²) in [5, 5.41) is 18.1. The van der Waals surface area contributed by atoms with Crippen LogP contribution in [0.25, 0.3) is 11.4 Å². The first-order valence-corrected chi connectivity index (χ1v) is 5.11. The quantitative estimate of drug-likeness (QED) is 0.728. The van der Waals surface area contributed by atoms with E-state index in [1.165, 1.54) is 5.56 Å². The summed E-state index contributed by atoms with van der Waals surface area (Å²) in [6.45, 7) is 1.71. The van der Waals surface area contributed by atoms with E-state index in [2.05, 4.69) is 9.97 Å². The van der Waals surface area contributed by atoms with Crippen molar-refractivity contribution in [3.05, 3.63) is 41.2 Å². The van der Waals surface area contributed by atoms with Gasteiger partial charge in [-0.3, -0.25) is 0 Å². The first-order valence-electron chi connectivity index (χ1n) is 5.11. The Labute approximate surface area is 93.6 Å². The van der Waals surface area contributed by atoms with Crippen LogP contribution in [0.2, 0.25) is 0 Å². The van der Waals surface area contributed by atoms with Crippen molar-refractivity contribution in [2.75, 3.05) is 0 Å². The van der Waals surface area contributed by atoms with Gasteiger partial charge >= 0.3 is 0 Å². The second kappa shape index (κ2) is 4.47. The summed E-state index contributed by atoms with van der Waals surface area (Å²) in [5.41, 5.74) is 3.19. The number of aromatic amines is 1. The molecule has 0 spiro atoms. The van der Waals surface area contributed by atoms with Crippen molar-refractivity contribution in [1.82, 2.24) is 9.97 Å². The molecule has 4 heteroatoms. The highest BCUT2D eigenvalue weighted by Gasteiger charge is 2.09. The summed E-state index contributed by atoms with van der Waals surface area (Å²) < 4.78 is 0. The van der Waals surface area contributed by atoms with Gasteiger partial charge in [0.15, 0.2) is 0 Å². The van der Waals surface area contributed by atoms with E-state index in [-0.39, 0.29) is 13.2 Å². The maximum Gasteiger partial charge on any atom is 0.137 e. The van der Waals surface area contributed by atoms with Gasteiger partial charge in [-0.05, 0) is 6.92 Å². The number of imidazole rings is 1. The number of aryl methyl sites for hydroxylation is 1. The number of nitrogens with zero attached hydrogens (tertiary/aromatic N) is 1. The molecule has 1 heterocycles. The minimum absolute atomic E-state index is 0.144. The van der Waals surface area contributed by atoms with Crippen LogP contribution in [0.1, 0.15) is 17.0 Å². The third-order valence-corrected chi connectivity index (χ3v) is 2.50. The standard InChI is InChI=1S/C12H14N2O2/c1-8-2-4-9(5-3-8)12-13-10(6-15)11(7-16)14-12/h2-5,15-16H,6-7H2,1H3,(H,13,14). The van der Waals surface area contributed by atoms with E-state index in [1.54, 1.807) is 0 Å². The lowest BCUT2D eigenvalue weighted by atomic mass is 10.1. The zero-order chi connectivity index (χ0) is 11.5. The lowest BCUT2D eigenvalue weighted by Crippen LogP contribution is -1.91. The van der Waals surface area contributed by atoms with Crippen LogP contribution in [0.4, 0.5) is 0 Å². The Balaban J connectivity index is 2.40. The first-order chi connectivity index (χ1) is 7.74. The van der Waals surface area contributed by atoms with Crippen LogP contribution in [0.15, 0.2) is 24.3 Å². The summed E-state index contributed by atoms with van der Waals surface area (Å²) in [4.78, 5) is 7.23. The third-order valence-electron chi connectivity index (χ3n) is 2.50. The molecule has 1 aromatic carbocycles. The number of nitrogens with one attached hydrogen (secondary N) is 1. The third kappa shape index (κ3) is 1.98. The van der Waals surface area contributed by atoms with E-state index in [0.717, 1.165) is 5.56 Å². The van der Waals surface area contributed by atoms with Crippen LogP contribution in [0, 0.1) is 6.92 Å². The molecule has 0 saturated carbocycles. The average Bonchev–Trinajstić information content (AvgIpc) is 2.73. The van der Waals surface area contributed by atoms with Crippen molar-refractivity contribution < 1.29 is 10.2 Å². The molecule has 0 aliphatic heterocycles. The average molecular weight is 218 g/mol. The van der Waals surface area contributed by atoms with Crippen LogP contribution in [0.3, 0.4) is 0 Å². The Morgan fingerprint density at radius 2 is 1.81 bits per heavy atom. The van der Waals surface area contributed by atoms with E-state index >= 15 is 0 Å². The number of benzene rings is 1. The minimum atomic E-state index is -0.168. The summed E-state index contributed by atoms with van der Waals surface area (Å²) in [5.74, 6) is 0.674. The summed E-state index contributed by atoms with van der Waals surface area (Å²) in [6, 6.07) is 7.90. The van der Waals surface area contributed by atoms with Crippen molar-refractivity contribution >= 4 is 0 Å². The fourth-order valence-electron chi connectivity index (χ4n) is 1.56. The molecule has 2 aromatic rings. The van der Waals surface area contributed by atoms with Gasteiger partial charge in [0, 0.05) is 5.56 Å². The van der Waals surface area contributed by atoms with Crippen molar-refractivity contribution in [2.45, 2.75) is 20.1 Å². The molecule has 4 nitrogen and oxygen atoms in total. The second-order valence-corrected chi connectivity index (χ2v) is 3.69. The van der Waals surface area contributed by atoms with Crippen molar-refractivity contribution in [2.24, 2.45) is 0 Å². The Kier molecular flexibility index (Phi) is 3.03. The topological polar surface area (TPSA) is 69.1 Å². The normalized spacial score (nSPS) is 10.7. The van der Waals surface area contributed by atoms with Crippen LogP contribution in [-0.2, 0) is 13.2 Å². The molecular weight excluding hydrogens is 204 g/mol. The summed E-state index contributed by atoms with van der Waals surface area (Å²) >= 11 is 0. The van der Waals surface area contributed by atoms with Gasteiger partial charge in [-0.1, -0.05) is 29.8 Å². The molecule has 16 heavy (non-hydrogen) atoms. The SMILES string of the molecule is Cc1ccc(-c2nc(CO)c(CO)[nH]2)cc1. The number of rotatable bonds is 3. The lowest BCUT2D eigenvalue weighted by Gasteiger charge is -1.97. The molecule has 0 atom stereocenters. The smallest absolute Gasteiger partial charge is 0.137 e. The van der Waals surface area contributed by atoms with E-state index in [9.17, 15) is 0 Å². The molecule has 0 fully saturated rings. The molecular formula is C12H14N2O2. The van der Waals surface area contributed by atoms with Gasteiger partial charge in [0.05, 0.1) is 24.6 Å². The Hall–Kier alpha value is -1.65. The zero-order valence-electron chi connectivity index (χ0n) is 9.07. The molecule has 1 aromatic heterocycles. The van der Waals surface area contributed by atoms with Crippen LogP contribution in [-0.4, -0.2) is 20.2 Å². The van der Waals surface area contributed by atoms with Crippen molar-refractivity contribution in [3.8, 4) is 11.4 Å². The predicted octanol–water partition coefficient (Wildman–Crippen LogP) is 1.37. The van der Waals surface area contributed by atoms with E-state index in [0.29, 0.717) is 17.2 Å². The largest absolute Gasteiger partial charge is 0.390 e. The molecule has 84 valence electrons. The highest BCUT2D eigenvalue weighted by molar-refractivity contribution is 5.56. The molecule has 0 saturated heterocycles. The van der Waals surface area contributed by atoms with E-state index in [4.69, 9.17) is 10.2 Å². The molecule has 0 amide bonds. The van der Waals surface area contributed by atoms with Gasteiger partial charge in [0.25, 0.3) is 0 Å². The maximum atomic E-state index is 9.07. The van der Waals surface area contributed by atoms with Crippen LogP contribution in [0.5, 0.6) is 0 Å². The van der Waals surface area contributed by atoms with E-state index in [1.807, 2.05) is 31.2 Å². The molecule has 0 radical (unpaired) electrons. The Morgan fingerprint density at radius 3 is 2.31 bits per heavy atom. The number of aliphatic hydroxyl groups excluding tert-OH is 2. The zero-order valence-corrected chi connectivity index (χ0v) is 9.07. The van der Waals surface area contributed by atoms with Gasteiger partial charge < -0.3 is 15.2 Å². The van der Waals surface area contributed by atoms with Gasteiger partial charge in [0.1, 0.15) is 5.82 Å². The predicted molar refractivity (Wildman–Crippen MR) is 60.6 cm³/mol. The second-order valence-electron chi connectivity index (χ2n) is 3.69. The molecule has 0 bridgehead atoms. The first kappa shape index (κ1) is 10.9. The Bertz CT molecular complexity index is 453. The number of hydrogen-bond donors (Lipinski definition) is 3. The molecule has 3 N–H and O–H groups in total. The number of hydrogen-bond acceptors (Lipinski definition) is 3.